The zero-order valence-corrected chi connectivity index (χ0v) is 22.8. The minimum atomic E-state index is -0.167. The number of hydrogen-bond acceptors (Lipinski definition) is 2. The Hall–Kier alpha value is -4.02. The van der Waals surface area contributed by atoms with Crippen molar-refractivity contribution in [3.63, 3.8) is 0 Å². The summed E-state index contributed by atoms with van der Waals surface area (Å²) in [6.45, 7) is 9.08. The van der Waals surface area contributed by atoms with Crippen LogP contribution in [0.2, 0.25) is 6.32 Å². The van der Waals surface area contributed by atoms with Gasteiger partial charge in [-0.2, -0.15) is 0 Å². The highest BCUT2D eigenvalue weighted by Gasteiger charge is 2.49. The molecule has 1 aliphatic carbocycles. The molecule has 1 fully saturated rings. The quantitative estimate of drug-likeness (QED) is 0.225. The fourth-order valence-corrected chi connectivity index (χ4v) is 6.52. The zero-order valence-electron chi connectivity index (χ0n) is 22.8. The Labute approximate surface area is 228 Å². The summed E-state index contributed by atoms with van der Waals surface area (Å²) < 4.78 is 13.2. The average molecular weight is 507 g/mol. The molecule has 2 bridgehead atoms. The molecule has 0 unspecified atom stereocenters. The van der Waals surface area contributed by atoms with Crippen LogP contribution in [0.4, 0.5) is 0 Å². The van der Waals surface area contributed by atoms with Crippen LogP contribution in [0.25, 0.3) is 65.9 Å². The Balaban J connectivity index is 1.34. The van der Waals surface area contributed by atoms with Crippen LogP contribution in [-0.2, 0) is 4.65 Å². The second-order valence-corrected chi connectivity index (χ2v) is 12.4. The van der Waals surface area contributed by atoms with Crippen molar-refractivity contribution < 1.29 is 9.07 Å². The number of benzene rings is 4. The van der Waals surface area contributed by atoms with Gasteiger partial charge in [-0.1, -0.05) is 68.4 Å². The smallest absolute Gasteiger partial charge is 0.328 e. The Bertz CT molecular complexity index is 2030. The molecule has 1 aromatic heterocycles. The van der Waals surface area contributed by atoms with E-state index in [0.717, 1.165) is 44.7 Å². The van der Waals surface area contributed by atoms with Gasteiger partial charge in [0.2, 0.25) is 0 Å². The van der Waals surface area contributed by atoms with E-state index in [2.05, 4.69) is 124 Å². The molecule has 4 aromatic carbocycles. The maximum absolute atomic E-state index is 6.66. The van der Waals surface area contributed by atoms with Crippen molar-refractivity contribution in [2.24, 2.45) is 5.41 Å². The molecule has 0 radical (unpaired) electrons. The highest BCUT2D eigenvalue weighted by molar-refractivity contribution is 6.68. The van der Waals surface area contributed by atoms with Crippen molar-refractivity contribution >= 4 is 56.0 Å². The lowest BCUT2D eigenvalue weighted by Crippen LogP contribution is -2.36. The molecule has 190 valence electrons. The first-order valence-electron chi connectivity index (χ1n) is 13.9. The van der Waals surface area contributed by atoms with Gasteiger partial charge in [0.05, 0.1) is 5.60 Å². The van der Waals surface area contributed by atoms with Gasteiger partial charge in [0, 0.05) is 33.3 Å². The molecule has 0 spiro atoms. The van der Waals surface area contributed by atoms with E-state index in [9.17, 15) is 0 Å². The molecule has 1 saturated heterocycles. The number of aromatic amines is 1. The van der Waals surface area contributed by atoms with Crippen LogP contribution < -0.4 is 5.46 Å². The number of rotatable bonds is 1. The Morgan fingerprint density at radius 2 is 1.56 bits per heavy atom. The van der Waals surface area contributed by atoms with Gasteiger partial charge in [0.25, 0.3) is 0 Å². The maximum Gasteiger partial charge on any atom is 0.328 e. The molecular weight excluding hydrogens is 477 g/mol. The molecule has 4 heteroatoms. The Morgan fingerprint density at radius 3 is 2.41 bits per heavy atom. The number of fused-ring (bicyclic) bond motifs is 7. The van der Waals surface area contributed by atoms with Crippen LogP contribution in [0.3, 0.4) is 0 Å². The fourth-order valence-electron chi connectivity index (χ4n) is 6.52. The van der Waals surface area contributed by atoms with Gasteiger partial charge in [-0.05, 0) is 89.0 Å². The minimum absolute atomic E-state index is 0.0748. The second-order valence-electron chi connectivity index (χ2n) is 12.4. The van der Waals surface area contributed by atoms with Gasteiger partial charge in [-0.3, -0.25) is 0 Å². The van der Waals surface area contributed by atoms with E-state index in [-0.39, 0.29) is 17.9 Å². The third-order valence-corrected chi connectivity index (χ3v) is 9.49. The largest absolute Gasteiger partial charge is 0.455 e. The van der Waals surface area contributed by atoms with E-state index in [0.29, 0.717) is 0 Å². The van der Waals surface area contributed by atoms with Crippen LogP contribution in [-0.4, -0.2) is 17.5 Å². The first-order valence-corrected chi connectivity index (χ1v) is 13.9. The van der Waals surface area contributed by atoms with E-state index in [1.807, 2.05) is 0 Å². The van der Waals surface area contributed by atoms with Crippen molar-refractivity contribution in [3.8, 4) is 22.3 Å². The van der Waals surface area contributed by atoms with Crippen molar-refractivity contribution in [2.45, 2.75) is 39.6 Å². The van der Waals surface area contributed by atoms with Gasteiger partial charge in [0.1, 0.15) is 11.2 Å². The number of para-hydroxylation sites is 1. The SMILES string of the molecule is CC1(C)CB(c2ccc3c(c2)oc2c4cc5c(cc4ccc32)-c2cccc-5c[nH]c3ccccc23)OC1(C)C. The van der Waals surface area contributed by atoms with Crippen molar-refractivity contribution in [1.29, 1.82) is 0 Å². The molecule has 3 aliphatic rings. The first-order chi connectivity index (χ1) is 18.8. The Morgan fingerprint density at radius 1 is 0.718 bits per heavy atom. The van der Waals surface area contributed by atoms with Gasteiger partial charge >= 0.3 is 6.92 Å². The van der Waals surface area contributed by atoms with Crippen LogP contribution >= 0.6 is 0 Å². The molecule has 8 rings (SSSR count). The second kappa shape index (κ2) is 7.77. The molecule has 0 saturated carbocycles. The summed E-state index contributed by atoms with van der Waals surface area (Å²) in [6.07, 6.45) is 3.11. The lowest BCUT2D eigenvalue weighted by Gasteiger charge is -2.34. The number of aromatic nitrogens is 1. The van der Waals surface area contributed by atoms with Gasteiger partial charge < -0.3 is 14.1 Å². The predicted octanol–water partition coefficient (Wildman–Crippen LogP) is 9.03. The molecular formula is C35H30BNO2. The normalized spacial score (nSPS) is 16.9. The lowest BCUT2D eigenvalue weighted by molar-refractivity contribution is 0.0375. The van der Waals surface area contributed by atoms with E-state index in [1.165, 1.54) is 32.9 Å². The summed E-state index contributed by atoms with van der Waals surface area (Å²) in [7, 11) is 0. The van der Waals surface area contributed by atoms with Crippen molar-refractivity contribution in [3.05, 3.63) is 91.1 Å². The minimum Gasteiger partial charge on any atom is -0.455 e. The number of nitrogens with one attached hydrogen (secondary N) is 1. The molecule has 3 nitrogen and oxygen atoms in total. The standard InChI is InChI=1S/C35H30BNO2/c1-34(2)20-36(39-35(34,3)4)23-13-15-26-27-14-12-21-16-30-24-10-7-8-22(19-37-31-11-6-5-9-25(24)31)28(30)18-29(21)33(27)38-32(26)17-23/h5-19,37H,20H2,1-4H3. The number of H-pyrrole nitrogens is 1. The first kappa shape index (κ1) is 22.9. The van der Waals surface area contributed by atoms with Crippen molar-refractivity contribution in [2.75, 3.05) is 0 Å². The fraction of sp³-hybridized carbons (Fsp3) is 0.200. The summed E-state index contributed by atoms with van der Waals surface area (Å²) >= 11 is 0. The summed E-state index contributed by atoms with van der Waals surface area (Å²) in [6, 6.07) is 30.8. The van der Waals surface area contributed by atoms with Gasteiger partial charge in [0.15, 0.2) is 0 Å². The van der Waals surface area contributed by atoms with Crippen LogP contribution in [0.5, 0.6) is 0 Å². The van der Waals surface area contributed by atoms with Crippen LogP contribution in [0, 0.1) is 5.41 Å². The zero-order chi connectivity index (χ0) is 26.5. The van der Waals surface area contributed by atoms with Crippen molar-refractivity contribution in [1.82, 2.24) is 4.98 Å². The molecule has 2 aliphatic heterocycles. The number of hydrogen-bond donors (Lipinski definition) is 1. The van der Waals surface area contributed by atoms with Gasteiger partial charge in [-0.15, -0.1) is 0 Å². The third-order valence-electron chi connectivity index (χ3n) is 9.49. The predicted molar refractivity (Wildman–Crippen MR) is 164 cm³/mol. The lowest BCUT2D eigenvalue weighted by atomic mass is 9.54. The highest BCUT2D eigenvalue weighted by atomic mass is 16.5. The third kappa shape index (κ3) is 3.28. The summed E-state index contributed by atoms with van der Waals surface area (Å²) in [5, 5.41) is 5.82. The molecule has 0 amide bonds. The van der Waals surface area contributed by atoms with E-state index < -0.39 is 0 Å². The van der Waals surface area contributed by atoms with E-state index in [4.69, 9.17) is 9.07 Å². The average Bonchev–Trinajstić information content (AvgIpc) is 3.35. The van der Waals surface area contributed by atoms with Crippen LogP contribution in [0.15, 0.2) is 95.5 Å². The summed E-state index contributed by atoms with van der Waals surface area (Å²) in [5.74, 6) is 0. The maximum atomic E-state index is 6.66. The molecule has 0 atom stereocenters. The monoisotopic (exact) mass is 507 g/mol. The molecule has 39 heavy (non-hydrogen) atoms. The van der Waals surface area contributed by atoms with E-state index in [1.54, 1.807) is 0 Å². The topological polar surface area (TPSA) is 38.2 Å². The molecule has 3 heterocycles. The van der Waals surface area contributed by atoms with Crippen LogP contribution in [0.1, 0.15) is 27.7 Å². The van der Waals surface area contributed by atoms with Gasteiger partial charge in [-0.25, -0.2) is 0 Å². The molecule has 5 aromatic rings. The molecule has 1 N–H and O–H groups in total. The Kier molecular flexibility index (Phi) is 4.57. The summed E-state index contributed by atoms with van der Waals surface area (Å²) in [4.78, 5) is 3.54. The number of furan rings is 1. The summed E-state index contributed by atoms with van der Waals surface area (Å²) in [5.41, 5.74) is 8.96. The van der Waals surface area contributed by atoms with E-state index >= 15 is 0 Å². The highest BCUT2D eigenvalue weighted by Crippen LogP contribution is 2.46.